The highest BCUT2D eigenvalue weighted by atomic mass is 16.5. The van der Waals surface area contributed by atoms with Crippen molar-refractivity contribution in [2.75, 3.05) is 13.7 Å². The van der Waals surface area contributed by atoms with Crippen LogP contribution in [0.1, 0.15) is 49.6 Å². The molecule has 7 heteroatoms. The van der Waals surface area contributed by atoms with E-state index in [-0.39, 0.29) is 6.61 Å². The van der Waals surface area contributed by atoms with Gasteiger partial charge in [0.1, 0.15) is 0 Å². The Morgan fingerprint density at radius 3 is 2.60 bits per heavy atom. The van der Waals surface area contributed by atoms with Gasteiger partial charge in [-0.05, 0) is 60.1 Å². The molecule has 30 heavy (non-hydrogen) atoms. The van der Waals surface area contributed by atoms with Gasteiger partial charge in [0.15, 0.2) is 23.9 Å². The summed E-state index contributed by atoms with van der Waals surface area (Å²) in [5.74, 6) is 2.00. The molecule has 1 heterocycles. The molecule has 0 atom stereocenters. The number of nitrogens with one attached hydrogen (secondary N) is 1. The van der Waals surface area contributed by atoms with Crippen LogP contribution in [0.15, 0.2) is 42.5 Å². The van der Waals surface area contributed by atoms with Gasteiger partial charge < -0.3 is 14.8 Å². The number of rotatable bonds is 12. The normalized spacial score (nSPS) is 10.9. The highest BCUT2D eigenvalue weighted by Crippen LogP contribution is 2.28. The second kappa shape index (κ2) is 11.3. The number of aromatic nitrogens is 4. The van der Waals surface area contributed by atoms with Crippen molar-refractivity contribution < 1.29 is 9.47 Å². The summed E-state index contributed by atoms with van der Waals surface area (Å²) in [5.41, 5.74) is 3.25. The van der Waals surface area contributed by atoms with Gasteiger partial charge in [0.25, 0.3) is 0 Å². The number of ether oxygens (including phenoxy) is 2. The number of aryl methyl sites for hydroxylation is 1. The van der Waals surface area contributed by atoms with Crippen molar-refractivity contribution in [3.05, 3.63) is 59.4 Å². The van der Waals surface area contributed by atoms with Crippen LogP contribution in [0.25, 0.3) is 5.69 Å². The third kappa shape index (κ3) is 6.03. The molecule has 3 rings (SSSR count). The minimum atomic E-state index is 0.242. The summed E-state index contributed by atoms with van der Waals surface area (Å²) in [6.07, 6.45) is 5.05. The summed E-state index contributed by atoms with van der Waals surface area (Å²) in [7, 11) is 1.65. The van der Waals surface area contributed by atoms with Gasteiger partial charge in [-0.2, -0.15) is 4.68 Å². The average Bonchev–Trinajstić information content (AvgIpc) is 3.24. The van der Waals surface area contributed by atoms with Gasteiger partial charge in [-0.3, -0.25) is 0 Å². The maximum atomic E-state index is 5.97. The fourth-order valence-corrected chi connectivity index (χ4v) is 3.18. The first kappa shape index (κ1) is 21.8. The molecule has 0 saturated carbocycles. The van der Waals surface area contributed by atoms with E-state index in [1.807, 2.05) is 43.3 Å². The molecule has 0 aliphatic carbocycles. The maximum Gasteiger partial charge on any atom is 0.194 e. The number of tetrazole rings is 1. The first-order chi connectivity index (χ1) is 14.7. The van der Waals surface area contributed by atoms with Crippen LogP contribution >= 0.6 is 0 Å². The van der Waals surface area contributed by atoms with Crippen molar-refractivity contribution >= 4 is 0 Å². The summed E-state index contributed by atoms with van der Waals surface area (Å²) in [5, 5.41) is 15.5. The topological polar surface area (TPSA) is 74.1 Å². The van der Waals surface area contributed by atoms with Crippen LogP contribution in [0.4, 0.5) is 0 Å². The van der Waals surface area contributed by atoms with E-state index >= 15 is 0 Å². The molecule has 0 spiro atoms. The molecule has 0 radical (unpaired) electrons. The first-order valence-electron chi connectivity index (χ1n) is 10.6. The molecule has 1 aromatic heterocycles. The van der Waals surface area contributed by atoms with Crippen LogP contribution in [0, 0.1) is 6.92 Å². The van der Waals surface area contributed by atoms with E-state index in [9.17, 15) is 0 Å². The lowest BCUT2D eigenvalue weighted by Gasteiger charge is -2.13. The molecule has 0 unspecified atom stereocenters. The molecular formula is C23H31N5O2. The van der Waals surface area contributed by atoms with Crippen molar-refractivity contribution in [1.82, 2.24) is 25.5 Å². The van der Waals surface area contributed by atoms with Crippen LogP contribution in [0.2, 0.25) is 0 Å². The van der Waals surface area contributed by atoms with Crippen molar-refractivity contribution in [2.24, 2.45) is 0 Å². The highest BCUT2D eigenvalue weighted by molar-refractivity contribution is 5.43. The Morgan fingerprint density at radius 1 is 1.00 bits per heavy atom. The number of hydrogen-bond donors (Lipinski definition) is 1. The Hall–Kier alpha value is -2.93. The van der Waals surface area contributed by atoms with E-state index < -0.39 is 0 Å². The standard InChI is InChI=1S/C23H31N5O2/c1-4-5-6-7-14-24-16-19-10-13-21(22(15-19)29-3)30-17-23-25-26-27-28(23)20-11-8-18(2)9-12-20/h8-13,15,24H,4-7,14,16-17H2,1-3H3. The number of unbranched alkanes of at least 4 members (excludes halogenated alkanes) is 3. The number of benzene rings is 2. The summed E-state index contributed by atoms with van der Waals surface area (Å²) < 4.78 is 13.2. The van der Waals surface area contributed by atoms with E-state index in [1.54, 1.807) is 11.8 Å². The molecule has 0 bridgehead atoms. The van der Waals surface area contributed by atoms with Gasteiger partial charge in [-0.15, -0.1) is 5.10 Å². The fraction of sp³-hybridized carbons (Fsp3) is 0.435. The zero-order valence-corrected chi connectivity index (χ0v) is 18.1. The quantitative estimate of drug-likeness (QED) is 0.451. The Balaban J connectivity index is 1.58. The molecule has 7 nitrogen and oxygen atoms in total. The lowest BCUT2D eigenvalue weighted by atomic mass is 10.2. The Labute approximate surface area is 178 Å². The van der Waals surface area contributed by atoms with Crippen LogP contribution in [0.3, 0.4) is 0 Å². The van der Waals surface area contributed by atoms with E-state index in [1.165, 1.54) is 36.8 Å². The SMILES string of the molecule is CCCCCCNCc1ccc(OCc2nnnn2-c2ccc(C)cc2)c(OC)c1. The van der Waals surface area contributed by atoms with Gasteiger partial charge in [0.2, 0.25) is 0 Å². The van der Waals surface area contributed by atoms with Gasteiger partial charge in [0, 0.05) is 6.54 Å². The van der Waals surface area contributed by atoms with Gasteiger partial charge in [0.05, 0.1) is 12.8 Å². The van der Waals surface area contributed by atoms with Crippen molar-refractivity contribution in [1.29, 1.82) is 0 Å². The zero-order chi connectivity index (χ0) is 21.2. The van der Waals surface area contributed by atoms with Gasteiger partial charge in [-0.25, -0.2) is 0 Å². The first-order valence-corrected chi connectivity index (χ1v) is 10.6. The minimum Gasteiger partial charge on any atom is -0.493 e. The lowest BCUT2D eigenvalue weighted by Crippen LogP contribution is -2.14. The Kier molecular flexibility index (Phi) is 8.20. The number of hydrogen-bond acceptors (Lipinski definition) is 6. The molecule has 160 valence electrons. The summed E-state index contributed by atoms with van der Waals surface area (Å²) >= 11 is 0. The molecule has 2 aromatic carbocycles. The lowest BCUT2D eigenvalue weighted by molar-refractivity contribution is 0.273. The second-order valence-corrected chi connectivity index (χ2v) is 7.35. The van der Waals surface area contributed by atoms with E-state index in [0.29, 0.717) is 17.3 Å². The molecule has 0 fully saturated rings. The van der Waals surface area contributed by atoms with E-state index in [2.05, 4.69) is 33.8 Å². The summed E-state index contributed by atoms with van der Waals surface area (Å²) in [4.78, 5) is 0. The number of methoxy groups -OCH3 is 1. The van der Waals surface area contributed by atoms with Crippen LogP contribution in [0.5, 0.6) is 11.5 Å². The second-order valence-electron chi connectivity index (χ2n) is 7.35. The van der Waals surface area contributed by atoms with Gasteiger partial charge >= 0.3 is 0 Å². The average molecular weight is 410 g/mol. The molecule has 0 aliphatic heterocycles. The molecule has 3 aromatic rings. The molecular weight excluding hydrogens is 378 g/mol. The zero-order valence-electron chi connectivity index (χ0n) is 18.1. The van der Waals surface area contributed by atoms with E-state index in [4.69, 9.17) is 9.47 Å². The fourth-order valence-electron chi connectivity index (χ4n) is 3.18. The van der Waals surface area contributed by atoms with Crippen LogP contribution in [-0.4, -0.2) is 33.9 Å². The monoisotopic (exact) mass is 409 g/mol. The van der Waals surface area contributed by atoms with Crippen LogP contribution in [-0.2, 0) is 13.2 Å². The van der Waals surface area contributed by atoms with Crippen molar-refractivity contribution in [3.8, 4) is 17.2 Å². The van der Waals surface area contributed by atoms with Gasteiger partial charge in [-0.1, -0.05) is 49.9 Å². The van der Waals surface area contributed by atoms with Crippen molar-refractivity contribution in [3.63, 3.8) is 0 Å². The third-order valence-electron chi connectivity index (χ3n) is 4.93. The predicted octanol–water partition coefficient (Wildman–Crippen LogP) is 4.23. The summed E-state index contributed by atoms with van der Waals surface area (Å²) in [6, 6.07) is 14.0. The Morgan fingerprint density at radius 2 is 1.83 bits per heavy atom. The summed E-state index contributed by atoms with van der Waals surface area (Å²) in [6.45, 7) is 6.36. The molecule has 0 saturated heterocycles. The molecule has 0 aliphatic rings. The highest BCUT2D eigenvalue weighted by Gasteiger charge is 2.12. The van der Waals surface area contributed by atoms with Crippen LogP contribution < -0.4 is 14.8 Å². The molecule has 0 amide bonds. The Bertz CT molecular complexity index is 908. The smallest absolute Gasteiger partial charge is 0.194 e. The predicted molar refractivity (Wildman–Crippen MR) is 117 cm³/mol. The van der Waals surface area contributed by atoms with E-state index in [0.717, 1.165) is 18.8 Å². The largest absolute Gasteiger partial charge is 0.493 e. The van der Waals surface area contributed by atoms with Crippen molar-refractivity contribution in [2.45, 2.75) is 52.7 Å². The minimum absolute atomic E-state index is 0.242. The molecule has 1 N–H and O–H groups in total. The number of nitrogens with zero attached hydrogens (tertiary/aromatic N) is 4. The third-order valence-corrected chi connectivity index (χ3v) is 4.93. The maximum absolute atomic E-state index is 5.97.